The molecular weight excluding hydrogens is 328 g/mol. The topological polar surface area (TPSA) is 62.6 Å². The highest BCUT2D eigenvalue weighted by Gasteiger charge is 2.23. The number of nitrogens with zero attached hydrogens (tertiary/aromatic N) is 1. The van der Waals surface area contributed by atoms with Crippen LogP contribution in [0.4, 0.5) is 5.69 Å². The summed E-state index contributed by atoms with van der Waals surface area (Å²) in [5.74, 6) is -0.144. The summed E-state index contributed by atoms with van der Waals surface area (Å²) in [6.45, 7) is 3.86. The van der Waals surface area contributed by atoms with Crippen molar-refractivity contribution in [1.29, 1.82) is 0 Å². The maximum atomic E-state index is 12.9. The van der Waals surface area contributed by atoms with E-state index < -0.39 is 11.7 Å². The van der Waals surface area contributed by atoms with Crippen LogP contribution in [0.5, 0.6) is 0 Å². The number of likely N-dealkylation sites (N-methyl/N-ethyl adjacent to an activating group) is 1. The third kappa shape index (κ3) is 3.68. The fourth-order valence-electron chi connectivity index (χ4n) is 3.14. The molecule has 0 aliphatic carbocycles. The molecule has 3 aromatic rings. The number of carbonyl (C=O) groups is 1. The van der Waals surface area contributed by atoms with Crippen molar-refractivity contribution in [2.75, 3.05) is 19.4 Å². The normalized spacial score (nSPS) is 12.3. The molecule has 1 N–H and O–H groups in total. The van der Waals surface area contributed by atoms with Gasteiger partial charge in [0.1, 0.15) is 11.6 Å². The predicted octanol–water partition coefficient (Wildman–Crippen LogP) is 3.65. The van der Waals surface area contributed by atoms with Crippen molar-refractivity contribution in [3.8, 4) is 0 Å². The van der Waals surface area contributed by atoms with Gasteiger partial charge in [-0.2, -0.15) is 0 Å². The van der Waals surface area contributed by atoms with Crippen molar-refractivity contribution in [2.24, 2.45) is 0 Å². The molecule has 1 amide bonds. The number of carbonyl (C=O) groups excluding carboxylic acids is 1. The lowest BCUT2D eigenvalue weighted by atomic mass is 10.0. The van der Waals surface area contributed by atoms with Gasteiger partial charge >= 0.3 is 5.63 Å². The molecule has 0 radical (unpaired) electrons. The molecule has 1 aromatic heterocycles. The van der Waals surface area contributed by atoms with Crippen molar-refractivity contribution in [3.05, 3.63) is 75.6 Å². The zero-order valence-corrected chi connectivity index (χ0v) is 15.4. The number of fused-ring (bicyclic) bond motifs is 1. The predicted molar refractivity (Wildman–Crippen MR) is 103 cm³/mol. The first kappa shape index (κ1) is 17.9. The highest BCUT2D eigenvalue weighted by Crippen LogP contribution is 2.24. The van der Waals surface area contributed by atoms with Gasteiger partial charge < -0.3 is 9.73 Å². The number of hydrogen-bond acceptors (Lipinski definition) is 4. The van der Waals surface area contributed by atoms with Gasteiger partial charge in [-0.05, 0) is 51.2 Å². The van der Waals surface area contributed by atoms with Gasteiger partial charge in [-0.15, -0.1) is 0 Å². The van der Waals surface area contributed by atoms with Crippen LogP contribution in [-0.2, 0) is 4.79 Å². The van der Waals surface area contributed by atoms with Crippen LogP contribution in [0.25, 0.3) is 11.0 Å². The Kier molecular flexibility index (Phi) is 4.91. The molecule has 0 fully saturated rings. The SMILES string of the molecule is Cc1cccc(C(C(=O)Nc2ccc3c(C)cc(=O)oc3c2)N(C)C)c1. The van der Waals surface area contributed by atoms with Gasteiger partial charge in [-0.25, -0.2) is 4.79 Å². The maximum absolute atomic E-state index is 12.9. The Bertz CT molecular complexity index is 1020. The lowest BCUT2D eigenvalue weighted by Gasteiger charge is -2.24. The number of anilines is 1. The fourth-order valence-corrected chi connectivity index (χ4v) is 3.14. The second-order valence-corrected chi connectivity index (χ2v) is 6.73. The van der Waals surface area contributed by atoms with Gasteiger partial charge in [-0.1, -0.05) is 29.8 Å². The Morgan fingerprint density at radius 1 is 1.08 bits per heavy atom. The summed E-state index contributed by atoms with van der Waals surface area (Å²) in [7, 11) is 3.74. The van der Waals surface area contributed by atoms with E-state index in [2.05, 4.69) is 5.32 Å². The zero-order valence-electron chi connectivity index (χ0n) is 15.4. The molecule has 0 saturated heterocycles. The van der Waals surface area contributed by atoms with E-state index >= 15 is 0 Å². The first-order valence-corrected chi connectivity index (χ1v) is 8.43. The Morgan fingerprint density at radius 3 is 2.54 bits per heavy atom. The van der Waals surface area contributed by atoms with Gasteiger partial charge in [0, 0.05) is 23.2 Å². The average molecular weight is 350 g/mol. The van der Waals surface area contributed by atoms with E-state index in [9.17, 15) is 9.59 Å². The van der Waals surface area contributed by atoms with Gasteiger partial charge in [0.05, 0.1) is 0 Å². The number of nitrogens with one attached hydrogen (secondary N) is 1. The van der Waals surface area contributed by atoms with Crippen molar-refractivity contribution in [2.45, 2.75) is 19.9 Å². The molecule has 0 spiro atoms. The smallest absolute Gasteiger partial charge is 0.336 e. The minimum atomic E-state index is -0.421. The van der Waals surface area contributed by atoms with Crippen LogP contribution in [-0.4, -0.2) is 24.9 Å². The molecule has 134 valence electrons. The molecule has 2 aromatic carbocycles. The van der Waals surface area contributed by atoms with Crippen molar-refractivity contribution >= 4 is 22.6 Å². The van der Waals surface area contributed by atoms with Crippen molar-refractivity contribution in [3.63, 3.8) is 0 Å². The van der Waals surface area contributed by atoms with Crippen LogP contribution < -0.4 is 10.9 Å². The van der Waals surface area contributed by atoms with Gasteiger partial charge in [0.2, 0.25) is 5.91 Å². The summed E-state index contributed by atoms with van der Waals surface area (Å²) >= 11 is 0. The minimum absolute atomic E-state index is 0.144. The second-order valence-electron chi connectivity index (χ2n) is 6.73. The zero-order chi connectivity index (χ0) is 18.8. The van der Waals surface area contributed by atoms with Crippen LogP contribution in [0.1, 0.15) is 22.7 Å². The van der Waals surface area contributed by atoms with Crippen LogP contribution in [0, 0.1) is 13.8 Å². The molecular formula is C21H22N2O3. The lowest BCUT2D eigenvalue weighted by Crippen LogP contribution is -2.32. The lowest BCUT2D eigenvalue weighted by molar-refractivity contribution is -0.120. The molecule has 1 heterocycles. The van der Waals surface area contributed by atoms with Crippen molar-refractivity contribution < 1.29 is 9.21 Å². The van der Waals surface area contributed by atoms with Gasteiger partial charge in [0.15, 0.2) is 0 Å². The van der Waals surface area contributed by atoms with Gasteiger partial charge in [0.25, 0.3) is 0 Å². The Labute approximate surface area is 152 Å². The van der Waals surface area contributed by atoms with E-state index in [-0.39, 0.29) is 5.91 Å². The van der Waals surface area contributed by atoms with E-state index in [0.717, 1.165) is 22.1 Å². The summed E-state index contributed by atoms with van der Waals surface area (Å²) < 4.78 is 5.26. The molecule has 0 aliphatic rings. The molecule has 0 bridgehead atoms. The maximum Gasteiger partial charge on any atom is 0.336 e. The number of hydrogen-bond donors (Lipinski definition) is 1. The first-order valence-electron chi connectivity index (χ1n) is 8.43. The molecule has 0 saturated carbocycles. The standard InChI is InChI=1S/C21H22N2O3/c1-13-6-5-7-15(10-13)20(23(3)4)21(25)22-16-8-9-17-14(2)11-19(24)26-18(17)12-16/h5-12,20H,1-4H3,(H,22,25). The molecule has 5 heteroatoms. The molecule has 1 unspecified atom stereocenters. The number of aryl methyl sites for hydroxylation is 2. The monoisotopic (exact) mass is 350 g/mol. The third-order valence-corrected chi connectivity index (χ3v) is 4.34. The Hall–Kier alpha value is -2.92. The van der Waals surface area contributed by atoms with Crippen LogP contribution in [0.15, 0.2) is 57.7 Å². The third-order valence-electron chi connectivity index (χ3n) is 4.34. The van der Waals surface area contributed by atoms with Crippen LogP contribution >= 0.6 is 0 Å². The number of rotatable bonds is 4. The van der Waals surface area contributed by atoms with E-state index in [1.807, 2.05) is 69.2 Å². The molecule has 5 nitrogen and oxygen atoms in total. The molecule has 0 aliphatic heterocycles. The Morgan fingerprint density at radius 2 is 1.85 bits per heavy atom. The van der Waals surface area contributed by atoms with Gasteiger partial charge in [-0.3, -0.25) is 9.69 Å². The summed E-state index contributed by atoms with van der Waals surface area (Å²) in [4.78, 5) is 26.4. The van der Waals surface area contributed by atoms with E-state index in [0.29, 0.717) is 11.3 Å². The summed E-state index contributed by atoms with van der Waals surface area (Å²) in [6, 6.07) is 14.3. The van der Waals surface area contributed by atoms with Crippen LogP contribution in [0.2, 0.25) is 0 Å². The summed E-state index contributed by atoms with van der Waals surface area (Å²) in [6.07, 6.45) is 0. The summed E-state index contributed by atoms with van der Waals surface area (Å²) in [5.41, 5.74) is 3.53. The van der Waals surface area contributed by atoms with E-state index in [4.69, 9.17) is 4.42 Å². The fraction of sp³-hybridized carbons (Fsp3) is 0.238. The highest BCUT2D eigenvalue weighted by molar-refractivity contribution is 5.97. The first-order chi connectivity index (χ1) is 12.3. The quantitative estimate of drug-likeness (QED) is 0.730. The van der Waals surface area contributed by atoms with E-state index in [1.165, 1.54) is 6.07 Å². The second kappa shape index (κ2) is 7.14. The average Bonchev–Trinajstić information content (AvgIpc) is 2.54. The summed E-state index contributed by atoms with van der Waals surface area (Å²) in [5, 5.41) is 3.78. The van der Waals surface area contributed by atoms with Crippen molar-refractivity contribution in [1.82, 2.24) is 4.90 Å². The van der Waals surface area contributed by atoms with Crippen LogP contribution in [0.3, 0.4) is 0 Å². The highest BCUT2D eigenvalue weighted by atomic mass is 16.4. The number of amides is 1. The largest absolute Gasteiger partial charge is 0.423 e. The Balaban J connectivity index is 1.92. The molecule has 3 rings (SSSR count). The number of benzene rings is 2. The molecule has 26 heavy (non-hydrogen) atoms. The molecule has 1 atom stereocenters. The minimum Gasteiger partial charge on any atom is -0.423 e. The van der Waals surface area contributed by atoms with E-state index in [1.54, 1.807) is 6.07 Å².